The molecular formula is C14H22N2S. The number of likely N-dealkylation sites (N-methyl/N-ethyl adjacent to an activating group) is 1. The van der Waals surface area contributed by atoms with Gasteiger partial charge in [-0.15, -0.1) is 11.3 Å². The minimum absolute atomic E-state index is 0.680. The lowest BCUT2D eigenvalue weighted by molar-refractivity contribution is 0.134. The van der Waals surface area contributed by atoms with Crippen LogP contribution in [0.4, 0.5) is 0 Å². The molecule has 2 fully saturated rings. The number of nitrogens with zero attached hydrogens (tertiary/aromatic N) is 1. The number of hydrogen-bond acceptors (Lipinski definition) is 3. The molecule has 1 saturated heterocycles. The predicted octanol–water partition coefficient (Wildman–Crippen LogP) is 2.88. The molecule has 2 unspecified atom stereocenters. The Bertz CT molecular complexity index is 339. The van der Waals surface area contributed by atoms with Crippen molar-refractivity contribution in [1.82, 2.24) is 10.2 Å². The molecule has 2 heterocycles. The van der Waals surface area contributed by atoms with Crippen molar-refractivity contribution in [2.24, 2.45) is 5.92 Å². The Kier molecular flexibility index (Phi) is 3.50. The lowest BCUT2D eigenvalue weighted by Gasteiger charge is -2.37. The van der Waals surface area contributed by atoms with Gasteiger partial charge in [0.05, 0.1) is 0 Å². The monoisotopic (exact) mass is 250 g/mol. The van der Waals surface area contributed by atoms with Crippen LogP contribution in [-0.4, -0.2) is 31.1 Å². The Balaban J connectivity index is 1.74. The Hall–Kier alpha value is -0.380. The molecule has 0 bridgehead atoms. The lowest BCUT2D eigenvalue weighted by atomic mass is 10.0. The molecule has 1 saturated carbocycles. The van der Waals surface area contributed by atoms with Crippen LogP contribution in [0, 0.1) is 5.92 Å². The van der Waals surface area contributed by atoms with Gasteiger partial charge in [0.2, 0.25) is 0 Å². The van der Waals surface area contributed by atoms with Gasteiger partial charge in [-0.25, -0.2) is 0 Å². The zero-order valence-corrected chi connectivity index (χ0v) is 11.4. The van der Waals surface area contributed by atoms with Gasteiger partial charge in [0, 0.05) is 23.5 Å². The molecule has 1 aromatic rings. The van der Waals surface area contributed by atoms with E-state index in [1.54, 1.807) is 4.88 Å². The summed E-state index contributed by atoms with van der Waals surface area (Å²) in [5, 5.41) is 5.76. The van der Waals surface area contributed by atoms with Gasteiger partial charge < -0.3 is 5.32 Å². The third kappa shape index (κ3) is 2.56. The first-order chi connectivity index (χ1) is 8.36. The Morgan fingerprint density at radius 2 is 2.29 bits per heavy atom. The van der Waals surface area contributed by atoms with Crippen molar-refractivity contribution < 1.29 is 0 Å². The molecule has 2 aliphatic rings. The van der Waals surface area contributed by atoms with Crippen molar-refractivity contribution in [2.45, 2.75) is 37.8 Å². The average Bonchev–Trinajstić information content (AvgIpc) is 3.05. The van der Waals surface area contributed by atoms with Crippen LogP contribution < -0.4 is 5.32 Å². The van der Waals surface area contributed by atoms with Gasteiger partial charge in [0.15, 0.2) is 0 Å². The maximum Gasteiger partial charge on any atom is 0.0470 e. The summed E-state index contributed by atoms with van der Waals surface area (Å²) in [5.74, 6) is 0.917. The molecule has 3 rings (SSSR count). The summed E-state index contributed by atoms with van der Waals surface area (Å²) in [7, 11) is 2.33. The molecule has 94 valence electrons. The molecule has 2 nitrogen and oxygen atoms in total. The van der Waals surface area contributed by atoms with E-state index in [9.17, 15) is 0 Å². The zero-order chi connectivity index (χ0) is 11.7. The maximum absolute atomic E-state index is 3.54. The SMILES string of the molecule is CN(C1CCCNC1)C(c1cccs1)C1CC1. The molecule has 1 aliphatic carbocycles. The van der Waals surface area contributed by atoms with E-state index >= 15 is 0 Å². The van der Waals surface area contributed by atoms with E-state index in [0.29, 0.717) is 6.04 Å². The van der Waals surface area contributed by atoms with E-state index in [0.717, 1.165) is 12.0 Å². The summed E-state index contributed by atoms with van der Waals surface area (Å²) >= 11 is 1.93. The van der Waals surface area contributed by atoms with Crippen LogP contribution >= 0.6 is 11.3 Å². The third-order valence-electron chi connectivity index (χ3n) is 4.19. The standard InChI is InChI=1S/C14H22N2S/c1-16(12-4-2-8-15-10-12)14(11-6-7-11)13-5-3-9-17-13/h3,5,9,11-12,14-15H,2,4,6-8,10H2,1H3. The van der Waals surface area contributed by atoms with Gasteiger partial charge >= 0.3 is 0 Å². The minimum atomic E-state index is 0.680. The first-order valence-corrected chi connectivity index (χ1v) is 7.70. The summed E-state index contributed by atoms with van der Waals surface area (Å²) in [6.45, 7) is 2.38. The topological polar surface area (TPSA) is 15.3 Å². The van der Waals surface area contributed by atoms with E-state index in [-0.39, 0.29) is 0 Å². The van der Waals surface area contributed by atoms with Crippen LogP contribution in [-0.2, 0) is 0 Å². The summed E-state index contributed by atoms with van der Waals surface area (Å²) in [6, 6.07) is 5.93. The predicted molar refractivity (Wildman–Crippen MR) is 73.4 cm³/mol. The summed E-state index contributed by atoms with van der Waals surface area (Å²) < 4.78 is 0. The second-order valence-electron chi connectivity index (χ2n) is 5.46. The van der Waals surface area contributed by atoms with Crippen LogP contribution in [0.1, 0.15) is 36.6 Å². The highest BCUT2D eigenvalue weighted by molar-refractivity contribution is 7.10. The summed E-state index contributed by atoms with van der Waals surface area (Å²) in [6.07, 6.45) is 5.54. The van der Waals surface area contributed by atoms with Crippen molar-refractivity contribution >= 4 is 11.3 Å². The highest BCUT2D eigenvalue weighted by Crippen LogP contribution is 2.46. The highest BCUT2D eigenvalue weighted by atomic mass is 32.1. The van der Waals surface area contributed by atoms with Gasteiger partial charge in [0.25, 0.3) is 0 Å². The smallest absolute Gasteiger partial charge is 0.0470 e. The van der Waals surface area contributed by atoms with E-state index in [2.05, 4.69) is 34.8 Å². The van der Waals surface area contributed by atoms with Gasteiger partial charge in [0.1, 0.15) is 0 Å². The zero-order valence-electron chi connectivity index (χ0n) is 10.6. The van der Waals surface area contributed by atoms with Crippen molar-refractivity contribution in [3.63, 3.8) is 0 Å². The molecule has 1 aromatic heterocycles. The van der Waals surface area contributed by atoms with Gasteiger partial charge in [-0.1, -0.05) is 6.07 Å². The molecule has 17 heavy (non-hydrogen) atoms. The fraction of sp³-hybridized carbons (Fsp3) is 0.714. The summed E-state index contributed by atoms with van der Waals surface area (Å²) in [5.41, 5.74) is 0. The third-order valence-corrected chi connectivity index (χ3v) is 5.13. The van der Waals surface area contributed by atoms with Crippen LogP contribution in [0.15, 0.2) is 17.5 Å². The molecular weight excluding hydrogens is 228 g/mol. The minimum Gasteiger partial charge on any atom is -0.315 e. The van der Waals surface area contributed by atoms with Crippen molar-refractivity contribution in [1.29, 1.82) is 0 Å². The molecule has 2 atom stereocenters. The number of thiophene rings is 1. The van der Waals surface area contributed by atoms with E-state index in [1.165, 1.54) is 38.8 Å². The second kappa shape index (κ2) is 5.09. The number of hydrogen-bond donors (Lipinski definition) is 1. The first-order valence-electron chi connectivity index (χ1n) is 6.82. The van der Waals surface area contributed by atoms with Crippen molar-refractivity contribution in [3.8, 4) is 0 Å². The molecule has 0 aromatic carbocycles. The first kappa shape index (κ1) is 11.7. The Labute approximate surface area is 108 Å². The molecule has 1 N–H and O–H groups in total. The fourth-order valence-electron chi connectivity index (χ4n) is 3.05. The maximum atomic E-state index is 3.54. The number of piperidine rings is 1. The van der Waals surface area contributed by atoms with E-state index in [4.69, 9.17) is 0 Å². The number of nitrogens with one attached hydrogen (secondary N) is 1. The average molecular weight is 250 g/mol. The highest BCUT2D eigenvalue weighted by Gasteiger charge is 2.38. The van der Waals surface area contributed by atoms with Crippen LogP contribution in [0.3, 0.4) is 0 Å². The van der Waals surface area contributed by atoms with Crippen LogP contribution in [0.25, 0.3) is 0 Å². The Morgan fingerprint density at radius 3 is 2.88 bits per heavy atom. The van der Waals surface area contributed by atoms with Crippen LogP contribution in [0.5, 0.6) is 0 Å². The summed E-state index contributed by atoms with van der Waals surface area (Å²) in [4.78, 5) is 4.22. The van der Waals surface area contributed by atoms with Crippen molar-refractivity contribution in [2.75, 3.05) is 20.1 Å². The normalized spacial score (nSPS) is 27.3. The van der Waals surface area contributed by atoms with Crippen molar-refractivity contribution in [3.05, 3.63) is 22.4 Å². The quantitative estimate of drug-likeness (QED) is 0.884. The molecule has 0 amide bonds. The van der Waals surface area contributed by atoms with Gasteiger partial charge in [-0.3, -0.25) is 4.90 Å². The van der Waals surface area contributed by atoms with E-state index < -0.39 is 0 Å². The molecule has 0 spiro atoms. The molecule has 1 aliphatic heterocycles. The molecule has 0 radical (unpaired) electrons. The largest absolute Gasteiger partial charge is 0.315 e. The van der Waals surface area contributed by atoms with Crippen LogP contribution in [0.2, 0.25) is 0 Å². The molecule has 3 heteroatoms. The van der Waals surface area contributed by atoms with Gasteiger partial charge in [-0.05, 0) is 56.6 Å². The second-order valence-corrected chi connectivity index (χ2v) is 6.44. The van der Waals surface area contributed by atoms with Gasteiger partial charge in [-0.2, -0.15) is 0 Å². The number of rotatable bonds is 4. The lowest BCUT2D eigenvalue weighted by Crippen LogP contribution is -2.45. The Morgan fingerprint density at radius 1 is 1.41 bits per heavy atom. The van der Waals surface area contributed by atoms with E-state index in [1.807, 2.05) is 11.3 Å². The fourth-order valence-corrected chi connectivity index (χ4v) is 4.01.